The van der Waals surface area contributed by atoms with E-state index in [0.717, 1.165) is 21.4 Å². The molecule has 0 unspecified atom stereocenters. The third-order valence-electron chi connectivity index (χ3n) is 3.06. The van der Waals surface area contributed by atoms with Crippen molar-refractivity contribution in [3.63, 3.8) is 0 Å². The van der Waals surface area contributed by atoms with E-state index >= 15 is 0 Å². The first-order chi connectivity index (χ1) is 9.56. The van der Waals surface area contributed by atoms with Crippen LogP contribution >= 0.6 is 15.9 Å². The molecule has 102 valence electrons. The molecular weight excluding hydrogens is 322 g/mol. The van der Waals surface area contributed by atoms with Gasteiger partial charge in [0.15, 0.2) is 0 Å². The Kier molecular flexibility index (Phi) is 3.01. The van der Waals surface area contributed by atoms with E-state index in [1.165, 1.54) is 10.8 Å². The lowest BCUT2D eigenvalue weighted by Gasteiger charge is -2.10. The van der Waals surface area contributed by atoms with Crippen LogP contribution in [0.4, 0.5) is 11.6 Å². The number of rotatable bonds is 2. The summed E-state index contributed by atoms with van der Waals surface area (Å²) in [6.07, 6.45) is 1.97. The van der Waals surface area contributed by atoms with Gasteiger partial charge < -0.3 is 11.5 Å². The van der Waals surface area contributed by atoms with Crippen molar-refractivity contribution in [3.8, 4) is 0 Å². The average Bonchev–Trinajstić information content (AvgIpc) is 2.87. The molecule has 0 bridgehead atoms. The fourth-order valence-electron chi connectivity index (χ4n) is 2.01. The van der Waals surface area contributed by atoms with Crippen molar-refractivity contribution in [1.29, 1.82) is 0 Å². The van der Waals surface area contributed by atoms with Crippen LogP contribution in [0.15, 0.2) is 22.9 Å². The number of hydrogen-bond donors (Lipinski definition) is 2. The van der Waals surface area contributed by atoms with E-state index in [2.05, 4.69) is 36.0 Å². The molecule has 3 rings (SSSR count). The van der Waals surface area contributed by atoms with Crippen molar-refractivity contribution in [1.82, 2.24) is 24.6 Å². The van der Waals surface area contributed by atoms with Crippen LogP contribution in [-0.2, 0) is 6.42 Å². The van der Waals surface area contributed by atoms with E-state index in [9.17, 15) is 0 Å². The van der Waals surface area contributed by atoms with Crippen LogP contribution in [0.1, 0.15) is 17.0 Å². The second-order valence-corrected chi connectivity index (χ2v) is 5.23. The van der Waals surface area contributed by atoms with E-state index in [1.54, 1.807) is 0 Å². The lowest BCUT2D eigenvalue weighted by atomic mass is 10.1. The first kappa shape index (κ1) is 12.8. The zero-order valence-corrected chi connectivity index (χ0v) is 12.3. The average molecular weight is 334 g/mol. The van der Waals surface area contributed by atoms with Gasteiger partial charge in [0, 0.05) is 23.4 Å². The molecule has 0 spiro atoms. The van der Waals surface area contributed by atoms with E-state index in [4.69, 9.17) is 11.5 Å². The summed E-state index contributed by atoms with van der Waals surface area (Å²) >= 11 is 3.32. The summed E-state index contributed by atoms with van der Waals surface area (Å²) in [5.41, 5.74) is 14.4. The second-order valence-electron chi connectivity index (χ2n) is 4.38. The Balaban J connectivity index is 2.07. The molecule has 0 atom stereocenters. The van der Waals surface area contributed by atoms with Gasteiger partial charge in [0.25, 0.3) is 5.78 Å². The molecule has 3 aromatic heterocycles. The van der Waals surface area contributed by atoms with Gasteiger partial charge in [-0.1, -0.05) is 0 Å². The van der Waals surface area contributed by atoms with Crippen LogP contribution in [0.3, 0.4) is 0 Å². The maximum Gasteiger partial charge on any atom is 0.254 e. The topological polar surface area (TPSA) is 108 Å². The number of halogens is 1. The van der Waals surface area contributed by atoms with Gasteiger partial charge in [-0.15, -0.1) is 0 Å². The second kappa shape index (κ2) is 4.71. The Labute approximate surface area is 123 Å². The monoisotopic (exact) mass is 333 g/mol. The summed E-state index contributed by atoms with van der Waals surface area (Å²) < 4.78 is 2.29. The minimum atomic E-state index is 0.452. The lowest BCUT2D eigenvalue weighted by molar-refractivity contribution is 0.908. The molecule has 0 aliphatic heterocycles. The summed E-state index contributed by atoms with van der Waals surface area (Å²) in [5.74, 6) is 1.47. The van der Waals surface area contributed by atoms with Crippen molar-refractivity contribution >= 4 is 33.3 Å². The molecule has 3 aromatic rings. The summed E-state index contributed by atoms with van der Waals surface area (Å²) in [6, 6.07) is 3.76. The van der Waals surface area contributed by atoms with Crippen LogP contribution in [0.5, 0.6) is 0 Å². The molecule has 0 amide bonds. The van der Waals surface area contributed by atoms with Crippen molar-refractivity contribution in [2.45, 2.75) is 13.3 Å². The number of pyridine rings is 1. The minimum absolute atomic E-state index is 0.452. The SMILES string of the molecule is Cc1nc2ncnn2c(N)c1Cc1ccc(Br)c(N)n1. The fraction of sp³-hybridized carbons (Fsp3) is 0.167. The van der Waals surface area contributed by atoms with Gasteiger partial charge in [-0.25, -0.2) is 9.97 Å². The highest BCUT2D eigenvalue weighted by Crippen LogP contribution is 2.22. The van der Waals surface area contributed by atoms with Gasteiger partial charge in [-0.05, 0) is 35.0 Å². The molecule has 0 aliphatic rings. The highest BCUT2D eigenvalue weighted by molar-refractivity contribution is 9.10. The Hall–Kier alpha value is -2.22. The number of nitrogen functional groups attached to an aromatic ring is 2. The Morgan fingerprint density at radius 1 is 1.25 bits per heavy atom. The molecule has 8 heteroatoms. The first-order valence-corrected chi connectivity index (χ1v) is 6.71. The number of fused-ring (bicyclic) bond motifs is 1. The van der Waals surface area contributed by atoms with Crippen molar-refractivity contribution in [3.05, 3.63) is 39.9 Å². The molecular formula is C12H12BrN7. The zero-order chi connectivity index (χ0) is 14.3. The smallest absolute Gasteiger partial charge is 0.254 e. The van der Waals surface area contributed by atoms with Crippen LogP contribution in [-0.4, -0.2) is 24.6 Å². The van der Waals surface area contributed by atoms with E-state index in [-0.39, 0.29) is 0 Å². The molecule has 3 heterocycles. The van der Waals surface area contributed by atoms with Gasteiger partial charge in [-0.2, -0.15) is 14.6 Å². The van der Waals surface area contributed by atoms with Crippen LogP contribution < -0.4 is 11.5 Å². The molecule has 0 radical (unpaired) electrons. The number of nitrogens with zero attached hydrogens (tertiary/aromatic N) is 5. The van der Waals surface area contributed by atoms with Gasteiger partial charge in [0.05, 0.1) is 4.47 Å². The molecule has 0 fully saturated rings. The van der Waals surface area contributed by atoms with Gasteiger partial charge in [0.1, 0.15) is 18.0 Å². The Morgan fingerprint density at radius 2 is 2.05 bits per heavy atom. The maximum absolute atomic E-state index is 6.13. The maximum atomic E-state index is 6.13. The quantitative estimate of drug-likeness (QED) is 0.732. The summed E-state index contributed by atoms with van der Waals surface area (Å²) in [7, 11) is 0. The highest BCUT2D eigenvalue weighted by atomic mass is 79.9. The predicted molar refractivity (Wildman–Crippen MR) is 79.1 cm³/mol. The number of aryl methyl sites for hydroxylation is 1. The zero-order valence-electron chi connectivity index (χ0n) is 10.7. The molecule has 20 heavy (non-hydrogen) atoms. The van der Waals surface area contributed by atoms with Crippen molar-refractivity contribution in [2.24, 2.45) is 0 Å². The van der Waals surface area contributed by atoms with Crippen LogP contribution in [0.25, 0.3) is 5.78 Å². The lowest BCUT2D eigenvalue weighted by Crippen LogP contribution is -2.09. The predicted octanol–water partition coefficient (Wildman–Crippen LogP) is 1.35. The Morgan fingerprint density at radius 3 is 2.80 bits per heavy atom. The third-order valence-corrected chi connectivity index (χ3v) is 3.73. The minimum Gasteiger partial charge on any atom is -0.383 e. The molecule has 0 aromatic carbocycles. The molecule has 7 nitrogen and oxygen atoms in total. The normalized spacial score (nSPS) is 11.1. The number of hydrogen-bond acceptors (Lipinski definition) is 6. The highest BCUT2D eigenvalue weighted by Gasteiger charge is 2.13. The number of nitrogens with two attached hydrogens (primary N) is 2. The standard InChI is InChI=1S/C12H12BrN7/c1-6-8(4-7-2-3-9(13)10(14)19-7)11(15)20-12(18-6)16-5-17-20/h2-3,5H,4,15H2,1H3,(H2,14,19). The van der Waals surface area contributed by atoms with Gasteiger partial charge in [-0.3, -0.25) is 0 Å². The number of anilines is 2. The van der Waals surface area contributed by atoms with E-state index in [0.29, 0.717) is 23.8 Å². The molecule has 0 saturated carbocycles. The summed E-state index contributed by atoms with van der Waals surface area (Å²) in [4.78, 5) is 12.7. The van der Waals surface area contributed by atoms with Crippen molar-refractivity contribution in [2.75, 3.05) is 11.5 Å². The van der Waals surface area contributed by atoms with E-state index in [1.807, 2.05) is 19.1 Å². The van der Waals surface area contributed by atoms with E-state index < -0.39 is 0 Å². The van der Waals surface area contributed by atoms with Gasteiger partial charge >= 0.3 is 0 Å². The Bertz CT molecular complexity index is 796. The largest absolute Gasteiger partial charge is 0.383 e. The molecule has 4 N–H and O–H groups in total. The van der Waals surface area contributed by atoms with Crippen molar-refractivity contribution < 1.29 is 0 Å². The summed E-state index contributed by atoms with van der Waals surface area (Å²) in [5, 5.41) is 4.06. The first-order valence-electron chi connectivity index (χ1n) is 5.92. The molecule has 0 saturated heterocycles. The summed E-state index contributed by atoms with van der Waals surface area (Å²) in [6.45, 7) is 1.89. The van der Waals surface area contributed by atoms with Gasteiger partial charge in [0.2, 0.25) is 0 Å². The third kappa shape index (κ3) is 2.07. The fourth-order valence-corrected chi connectivity index (χ4v) is 2.23. The van der Waals surface area contributed by atoms with Crippen LogP contribution in [0, 0.1) is 6.92 Å². The van der Waals surface area contributed by atoms with Crippen LogP contribution in [0.2, 0.25) is 0 Å². The molecule has 0 aliphatic carbocycles. The number of aromatic nitrogens is 5.